The zero-order valence-corrected chi connectivity index (χ0v) is 22.2. The number of ether oxygens (including phenoxy) is 1. The lowest BCUT2D eigenvalue weighted by molar-refractivity contribution is -0.120. The Morgan fingerprint density at radius 2 is 1.85 bits per heavy atom. The summed E-state index contributed by atoms with van der Waals surface area (Å²) in [7, 11) is 1.59. The van der Waals surface area contributed by atoms with Crippen LogP contribution in [0.15, 0.2) is 95.6 Å². The van der Waals surface area contributed by atoms with Crippen LogP contribution in [0.25, 0.3) is 10.9 Å². The standard InChI is InChI=1S/C32H26N4O5/c1-40-20-9-6-8-19(16-20)29-28-24(22-11-2-4-13-25(22)34-28)17-27-31(38)36(32(39)35(27)29)26-14-5-3-12-23(26)30(37)33-18-21-10-7-15-41-21/h2-16,27,29,34H,17-18H2,1H3,(H,33,37)/t27-,29?/m0/s1. The lowest BCUT2D eigenvalue weighted by Gasteiger charge is -2.36. The normalized spacial score (nSPS) is 18.0. The molecule has 204 valence electrons. The molecule has 9 heteroatoms. The number of anilines is 1. The fourth-order valence-electron chi connectivity index (χ4n) is 5.99. The molecule has 2 atom stereocenters. The van der Waals surface area contributed by atoms with Gasteiger partial charge in [0.25, 0.3) is 11.8 Å². The van der Waals surface area contributed by atoms with Crippen LogP contribution in [0.3, 0.4) is 0 Å². The summed E-state index contributed by atoms with van der Waals surface area (Å²) in [6.07, 6.45) is 1.89. The predicted molar refractivity (Wildman–Crippen MR) is 152 cm³/mol. The highest BCUT2D eigenvalue weighted by Crippen LogP contribution is 2.45. The highest BCUT2D eigenvalue weighted by molar-refractivity contribution is 6.24. The Kier molecular flexibility index (Phi) is 5.85. The molecule has 2 aromatic heterocycles. The Morgan fingerprint density at radius 3 is 2.68 bits per heavy atom. The van der Waals surface area contributed by atoms with Crippen LogP contribution in [0.2, 0.25) is 0 Å². The van der Waals surface area contributed by atoms with E-state index >= 15 is 0 Å². The van der Waals surface area contributed by atoms with Gasteiger partial charge in [-0.15, -0.1) is 0 Å². The van der Waals surface area contributed by atoms with E-state index in [0.29, 0.717) is 17.9 Å². The van der Waals surface area contributed by atoms with Crippen molar-refractivity contribution in [1.29, 1.82) is 0 Å². The molecule has 0 spiro atoms. The second-order valence-electron chi connectivity index (χ2n) is 10.1. The number of H-pyrrole nitrogens is 1. The molecule has 41 heavy (non-hydrogen) atoms. The molecule has 0 saturated carbocycles. The maximum absolute atomic E-state index is 14.3. The summed E-state index contributed by atoms with van der Waals surface area (Å²) in [5.41, 5.74) is 4.09. The van der Waals surface area contributed by atoms with Crippen molar-refractivity contribution < 1.29 is 23.5 Å². The predicted octanol–water partition coefficient (Wildman–Crippen LogP) is 5.18. The van der Waals surface area contributed by atoms with Crippen LogP contribution in [0.5, 0.6) is 5.75 Å². The molecule has 1 fully saturated rings. The van der Waals surface area contributed by atoms with Crippen LogP contribution >= 0.6 is 0 Å². The number of fused-ring (bicyclic) bond motifs is 4. The van der Waals surface area contributed by atoms with Crippen LogP contribution < -0.4 is 15.0 Å². The van der Waals surface area contributed by atoms with E-state index in [4.69, 9.17) is 9.15 Å². The molecule has 9 nitrogen and oxygen atoms in total. The summed E-state index contributed by atoms with van der Waals surface area (Å²) < 4.78 is 10.8. The number of para-hydroxylation sites is 2. The van der Waals surface area contributed by atoms with E-state index in [-0.39, 0.29) is 23.7 Å². The zero-order chi connectivity index (χ0) is 28.1. The van der Waals surface area contributed by atoms with Crippen molar-refractivity contribution in [3.63, 3.8) is 0 Å². The number of carbonyl (C=O) groups is 3. The Bertz CT molecular complexity index is 1810. The number of aromatic amines is 1. The Balaban J connectivity index is 1.31. The third-order valence-electron chi connectivity index (χ3n) is 7.85. The lowest BCUT2D eigenvalue weighted by Crippen LogP contribution is -2.44. The topological polar surface area (TPSA) is 108 Å². The van der Waals surface area contributed by atoms with E-state index in [9.17, 15) is 14.4 Å². The van der Waals surface area contributed by atoms with Crippen molar-refractivity contribution >= 4 is 34.4 Å². The number of carbonyl (C=O) groups excluding carboxylic acids is 3. The van der Waals surface area contributed by atoms with E-state index in [2.05, 4.69) is 10.3 Å². The summed E-state index contributed by atoms with van der Waals surface area (Å²) in [5.74, 6) is 0.458. The van der Waals surface area contributed by atoms with Gasteiger partial charge in [-0.3, -0.25) is 14.5 Å². The molecule has 7 rings (SSSR count). The summed E-state index contributed by atoms with van der Waals surface area (Å²) in [6, 6.07) is 23.9. The first-order chi connectivity index (χ1) is 20.0. The molecule has 4 heterocycles. The van der Waals surface area contributed by atoms with E-state index in [0.717, 1.165) is 32.6 Å². The zero-order valence-electron chi connectivity index (χ0n) is 22.2. The van der Waals surface area contributed by atoms with Gasteiger partial charge in [0.15, 0.2) is 0 Å². The smallest absolute Gasteiger partial charge is 0.332 e. The Morgan fingerprint density at radius 1 is 1.02 bits per heavy atom. The summed E-state index contributed by atoms with van der Waals surface area (Å²) >= 11 is 0. The van der Waals surface area contributed by atoms with Crippen molar-refractivity contribution in [2.24, 2.45) is 0 Å². The molecule has 1 saturated heterocycles. The van der Waals surface area contributed by atoms with Gasteiger partial charge < -0.3 is 19.5 Å². The Hall–Kier alpha value is -5.31. The van der Waals surface area contributed by atoms with Gasteiger partial charge in [0.05, 0.1) is 31.2 Å². The molecular formula is C32H26N4O5. The van der Waals surface area contributed by atoms with E-state index < -0.39 is 24.0 Å². The first kappa shape index (κ1) is 24.7. The van der Waals surface area contributed by atoms with Gasteiger partial charge in [-0.25, -0.2) is 9.69 Å². The Labute approximate surface area is 235 Å². The van der Waals surface area contributed by atoms with Crippen LogP contribution in [0.4, 0.5) is 10.5 Å². The van der Waals surface area contributed by atoms with Gasteiger partial charge in [0.2, 0.25) is 0 Å². The van der Waals surface area contributed by atoms with Crippen molar-refractivity contribution in [3.8, 4) is 5.75 Å². The number of aromatic nitrogens is 1. The molecule has 4 amide bonds. The van der Waals surface area contributed by atoms with Crippen molar-refractivity contribution in [2.45, 2.75) is 25.0 Å². The van der Waals surface area contributed by atoms with E-state index in [1.807, 2.05) is 48.5 Å². The SMILES string of the molecule is COc1cccc(C2c3[nH]c4ccccc4c3C[C@H]3C(=O)N(c4ccccc4C(=O)NCc4ccco4)C(=O)N23)c1. The first-order valence-electron chi connectivity index (χ1n) is 13.3. The maximum Gasteiger partial charge on any atom is 0.332 e. The fourth-order valence-corrected chi connectivity index (χ4v) is 5.99. The van der Waals surface area contributed by atoms with Crippen molar-refractivity contribution in [1.82, 2.24) is 15.2 Å². The summed E-state index contributed by atoms with van der Waals surface area (Å²) in [5, 5.41) is 3.84. The largest absolute Gasteiger partial charge is 0.497 e. The minimum Gasteiger partial charge on any atom is -0.497 e. The number of nitrogens with zero attached hydrogens (tertiary/aromatic N) is 2. The van der Waals surface area contributed by atoms with Gasteiger partial charge in [-0.1, -0.05) is 42.5 Å². The monoisotopic (exact) mass is 546 g/mol. The molecule has 2 aliphatic heterocycles. The number of imide groups is 1. The molecule has 5 aromatic rings. The molecule has 0 radical (unpaired) electrons. The van der Waals surface area contributed by atoms with Gasteiger partial charge in [0, 0.05) is 23.0 Å². The number of benzene rings is 3. The van der Waals surface area contributed by atoms with Crippen molar-refractivity contribution in [2.75, 3.05) is 12.0 Å². The average Bonchev–Trinajstić information content (AvgIpc) is 3.72. The van der Waals surface area contributed by atoms with Crippen LogP contribution in [0, 0.1) is 0 Å². The summed E-state index contributed by atoms with van der Waals surface area (Å²) in [6.45, 7) is 0.177. The van der Waals surface area contributed by atoms with Gasteiger partial charge in [0.1, 0.15) is 23.6 Å². The number of methoxy groups -OCH3 is 1. The third kappa shape index (κ3) is 3.97. The number of amides is 4. The first-order valence-corrected chi connectivity index (χ1v) is 13.3. The highest BCUT2D eigenvalue weighted by Gasteiger charge is 2.53. The van der Waals surface area contributed by atoms with Crippen molar-refractivity contribution in [3.05, 3.63) is 119 Å². The number of hydrogen-bond acceptors (Lipinski definition) is 5. The maximum atomic E-state index is 14.3. The second-order valence-corrected chi connectivity index (χ2v) is 10.1. The lowest BCUT2D eigenvalue weighted by atomic mass is 9.89. The number of urea groups is 1. The highest BCUT2D eigenvalue weighted by atomic mass is 16.5. The van der Waals surface area contributed by atoms with Gasteiger partial charge >= 0.3 is 6.03 Å². The van der Waals surface area contributed by atoms with E-state index in [1.165, 1.54) is 6.26 Å². The average molecular weight is 547 g/mol. The van der Waals surface area contributed by atoms with E-state index in [1.54, 1.807) is 48.4 Å². The van der Waals surface area contributed by atoms with Crippen LogP contribution in [0.1, 0.15) is 39.0 Å². The number of rotatable bonds is 6. The molecule has 3 aromatic carbocycles. The second kappa shape index (κ2) is 9.71. The third-order valence-corrected chi connectivity index (χ3v) is 7.85. The molecule has 2 N–H and O–H groups in total. The quantitative estimate of drug-likeness (QED) is 0.285. The minimum atomic E-state index is -0.746. The molecule has 1 unspecified atom stereocenters. The van der Waals surface area contributed by atoms with Crippen LogP contribution in [-0.2, 0) is 17.8 Å². The number of hydrogen-bond donors (Lipinski definition) is 2. The minimum absolute atomic E-state index is 0.177. The molecule has 0 aliphatic carbocycles. The fraction of sp³-hybridized carbons (Fsp3) is 0.156. The molecule has 0 bridgehead atoms. The number of nitrogens with one attached hydrogen (secondary N) is 2. The van der Waals surface area contributed by atoms with Crippen LogP contribution in [-0.4, -0.2) is 40.9 Å². The van der Waals surface area contributed by atoms with Gasteiger partial charge in [-0.05, 0) is 53.6 Å². The van der Waals surface area contributed by atoms with Gasteiger partial charge in [-0.2, -0.15) is 0 Å². The molecular weight excluding hydrogens is 520 g/mol. The summed E-state index contributed by atoms with van der Waals surface area (Å²) in [4.78, 5) is 47.9. The molecule has 2 aliphatic rings. The number of furan rings is 1.